The molecule has 1 aromatic rings. The molecule has 1 aromatic carbocycles. The minimum Gasteiger partial charge on any atom is -0.335 e. The minimum atomic E-state index is 0.298. The molecule has 2 heteroatoms. The average Bonchev–Trinajstić information content (AvgIpc) is 2.33. The summed E-state index contributed by atoms with van der Waals surface area (Å²) < 4.78 is 0. The third-order valence-electron chi connectivity index (χ3n) is 3.60. The molecule has 2 atom stereocenters. The zero-order valence-electron chi connectivity index (χ0n) is 9.91. The molecule has 1 N–H and O–H groups in total. The van der Waals surface area contributed by atoms with Gasteiger partial charge in [-0.25, -0.2) is 0 Å². The third kappa shape index (κ3) is 2.70. The van der Waals surface area contributed by atoms with Crippen molar-refractivity contribution in [3.63, 3.8) is 0 Å². The van der Waals surface area contributed by atoms with Crippen LogP contribution in [0.1, 0.15) is 36.0 Å². The van der Waals surface area contributed by atoms with Gasteiger partial charge in [0.25, 0.3) is 0 Å². The monoisotopic (exact) mass is 218 g/mol. The number of quaternary nitrogens is 1. The molecule has 0 aromatic heterocycles. The number of hydrogen-bond acceptors (Lipinski definition) is 1. The van der Waals surface area contributed by atoms with Gasteiger partial charge < -0.3 is 4.90 Å². The van der Waals surface area contributed by atoms with E-state index < -0.39 is 0 Å². The van der Waals surface area contributed by atoms with Crippen molar-refractivity contribution in [3.8, 4) is 0 Å². The second-order valence-electron chi connectivity index (χ2n) is 4.78. The van der Waals surface area contributed by atoms with Crippen molar-refractivity contribution in [2.45, 2.75) is 31.7 Å². The molecule has 2 unspecified atom stereocenters. The normalized spacial score (nSPS) is 25.3. The minimum absolute atomic E-state index is 0.298. The number of ketones is 1. The predicted molar refractivity (Wildman–Crippen MR) is 64.8 cm³/mol. The van der Waals surface area contributed by atoms with Gasteiger partial charge in [0.05, 0.1) is 26.1 Å². The molecule has 0 aliphatic carbocycles. The molecular weight excluding hydrogens is 198 g/mol. The summed E-state index contributed by atoms with van der Waals surface area (Å²) in [5.74, 6) is 0.298. The molecule has 0 bridgehead atoms. The van der Waals surface area contributed by atoms with Crippen LogP contribution in [-0.4, -0.2) is 25.4 Å². The molecule has 0 amide bonds. The van der Waals surface area contributed by atoms with Crippen LogP contribution in [0.3, 0.4) is 0 Å². The number of carbonyl (C=O) groups excluding carboxylic acids is 1. The maximum absolute atomic E-state index is 12.0. The number of rotatable bonds is 3. The Hall–Kier alpha value is -1.15. The van der Waals surface area contributed by atoms with Gasteiger partial charge in [0.2, 0.25) is 0 Å². The van der Waals surface area contributed by atoms with Gasteiger partial charge in [-0.3, -0.25) is 4.79 Å². The summed E-state index contributed by atoms with van der Waals surface area (Å²) >= 11 is 0. The van der Waals surface area contributed by atoms with Gasteiger partial charge in [-0.15, -0.1) is 0 Å². The van der Waals surface area contributed by atoms with Crippen LogP contribution in [-0.2, 0) is 0 Å². The lowest BCUT2D eigenvalue weighted by Crippen LogP contribution is -3.13. The standard InChI is InChI=1S/C14H19NO/c1-15-10-6-5-9-13(15)11-14(16)12-7-3-2-4-8-12/h2-4,7-8,13H,5-6,9-11H2,1H3/p+1. The lowest BCUT2D eigenvalue weighted by atomic mass is 9.96. The van der Waals surface area contributed by atoms with E-state index in [1.165, 1.54) is 30.7 Å². The van der Waals surface area contributed by atoms with E-state index in [-0.39, 0.29) is 0 Å². The summed E-state index contributed by atoms with van der Waals surface area (Å²) in [5.41, 5.74) is 0.862. The number of benzene rings is 1. The van der Waals surface area contributed by atoms with E-state index in [0.717, 1.165) is 5.56 Å². The number of Topliss-reactive ketones (excluding diaryl/α,β-unsaturated/α-hetero) is 1. The summed E-state index contributed by atoms with van der Waals surface area (Å²) in [4.78, 5) is 13.6. The molecule has 0 saturated carbocycles. The lowest BCUT2D eigenvalue weighted by molar-refractivity contribution is -0.910. The second-order valence-corrected chi connectivity index (χ2v) is 4.78. The van der Waals surface area contributed by atoms with Crippen LogP contribution in [0.4, 0.5) is 0 Å². The smallest absolute Gasteiger partial charge is 0.168 e. The number of piperidine rings is 1. The van der Waals surface area contributed by atoms with E-state index in [1.807, 2.05) is 30.3 Å². The number of likely N-dealkylation sites (tertiary alicyclic amines) is 1. The van der Waals surface area contributed by atoms with E-state index in [4.69, 9.17) is 0 Å². The van der Waals surface area contributed by atoms with Gasteiger partial charge >= 0.3 is 0 Å². The number of nitrogens with one attached hydrogen (secondary N) is 1. The first-order valence-corrected chi connectivity index (χ1v) is 6.18. The Morgan fingerprint density at radius 2 is 2.06 bits per heavy atom. The maximum Gasteiger partial charge on any atom is 0.168 e. The van der Waals surface area contributed by atoms with Crippen LogP contribution in [0.15, 0.2) is 30.3 Å². The van der Waals surface area contributed by atoms with E-state index >= 15 is 0 Å². The highest BCUT2D eigenvalue weighted by Gasteiger charge is 2.25. The Balaban J connectivity index is 1.96. The largest absolute Gasteiger partial charge is 0.335 e. The third-order valence-corrected chi connectivity index (χ3v) is 3.60. The van der Waals surface area contributed by atoms with E-state index in [9.17, 15) is 4.79 Å². The van der Waals surface area contributed by atoms with Crippen molar-refractivity contribution >= 4 is 5.78 Å². The first kappa shape index (κ1) is 11.3. The molecule has 2 rings (SSSR count). The van der Waals surface area contributed by atoms with E-state index in [2.05, 4.69) is 7.05 Å². The van der Waals surface area contributed by atoms with Crippen LogP contribution in [0.2, 0.25) is 0 Å². The highest BCUT2D eigenvalue weighted by molar-refractivity contribution is 5.96. The van der Waals surface area contributed by atoms with Crippen molar-refractivity contribution in [2.24, 2.45) is 0 Å². The van der Waals surface area contributed by atoms with Gasteiger partial charge in [-0.05, 0) is 12.8 Å². The van der Waals surface area contributed by atoms with Crippen molar-refractivity contribution in [1.29, 1.82) is 0 Å². The van der Waals surface area contributed by atoms with Crippen LogP contribution in [0.5, 0.6) is 0 Å². The molecule has 1 fully saturated rings. The summed E-state index contributed by atoms with van der Waals surface area (Å²) in [7, 11) is 2.21. The quantitative estimate of drug-likeness (QED) is 0.759. The second kappa shape index (κ2) is 5.26. The fourth-order valence-electron chi connectivity index (χ4n) is 2.49. The van der Waals surface area contributed by atoms with Crippen molar-refractivity contribution in [3.05, 3.63) is 35.9 Å². The molecule has 16 heavy (non-hydrogen) atoms. The van der Waals surface area contributed by atoms with Crippen molar-refractivity contribution < 1.29 is 9.69 Å². The average molecular weight is 218 g/mol. The summed E-state index contributed by atoms with van der Waals surface area (Å²) in [6, 6.07) is 10.2. The molecular formula is C14H20NO+. The Kier molecular flexibility index (Phi) is 3.73. The fourth-order valence-corrected chi connectivity index (χ4v) is 2.49. The molecule has 1 aliphatic heterocycles. The number of hydrogen-bond donors (Lipinski definition) is 1. The van der Waals surface area contributed by atoms with E-state index in [0.29, 0.717) is 18.2 Å². The zero-order valence-corrected chi connectivity index (χ0v) is 9.91. The first-order valence-electron chi connectivity index (χ1n) is 6.18. The highest BCUT2D eigenvalue weighted by atomic mass is 16.1. The Morgan fingerprint density at radius 1 is 1.31 bits per heavy atom. The van der Waals surface area contributed by atoms with Gasteiger partial charge in [0.15, 0.2) is 5.78 Å². The van der Waals surface area contributed by atoms with E-state index in [1.54, 1.807) is 0 Å². The zero-order chi connectivity index (χ0) is 11.4. The van der Waals surface area contributed by atoms with Gasteiger partial charge in [-0.2, -0.15) is 0 Å². The maximum atomic E-state index is 12.0. The van der Waals surface area contributed by atoms with Crippen LogP contribution >= 0.6 is 0 Å². The highest BCUT2D eigenvalue weighted by Crippen LogP contribution is 2.10. The Bertz CT molecular complexity index is 347. The van der Waals surface area contributed by atoms with Gasteiger partial charge in [0, 0.05) is 12.0 Å². The van der Waals surface area contributed by atoms with Crippen LogP contribution < -0.4 is 4.90 Å². The van der Waals surface area contributed by atoms with Crippen LogP contribution in [0.25, 0.3) is 0 Å². The predicted octanol–water partition coefficient (Wildman–Crippen LogP) is 1.33. The first-order chi connectivity index (χ1) is 7.77. The van der Waals surface area contributed by atoms with Gasteiger partial charge in [-0.1, -0.05) is 30.3 Å². The van der Waals surface area contributed by atoms with Crippen LogP contribution in [0, 0.1) is 0 Å². The summed E-state index contributed by atoms with van der Waals surface area (Å²) in [6.45, 7) is 1.22. The molecule has 2 nitrogen and oxygen atoms in total. The van der Waals surface area contributed by atoms with Crippen molar-refractivity contribution in [2.75, 3.05) is 13.6 Å². The Labute approximate surface area is 97.3 Å². The molecule has 1 aliphatic rings. The molecule has 1 heterocycles. The summed E-state index contributed by atoms with van der Waals surface area (Å²) in [6.07, 6.45) is 4.49. The summed E-state index contributed by atoms with van der Waals surface area (Å²) in [5, 5.41) is 0. The molecule has 1 saturated heterocycles. The lowest BCUT2D eigenvalue weighted by Gasteiger charge is -2.28. The topological polar surface area (TPSA) is 21.5 Å². The fraction of sp³-hybridized carbons (Fsp3) is 0.500. The van der Waals surface area contributed by atoms with Gasteiger partial charge in [0.1, 0.15) is 0 Å². The number of carbonyl (C=O) groups is 1. The molecule has 0 radical (unpaired) electrons. The molecule has 0 spiro atoms. The van der Waals surface area contributed by atoms with Crippen molar-refractivity contribution in [1.82, 2.24) is 0 Å². The SMILES string of the molecule is C[NH+]1CCCCC1CC(=O)c1ccccc1. The molecule has 86 valence electrons. The Morgan fingerprint density at radius 3 is 2.75 bits per heavy atom.